The van der Waals surface area contributed by atoms with Crippen LogP contribution in [0.4, 0.5) is 0 Å². The number of hydrogen-bond donors (Lipinski definition) is 3. The van der Waals surface area contributed by atoms with Gasteiger partial charge in [-0.3, -0.25) is 9.59 Å². The summed E-state index contributed by atoms with van der Waals surface area (Å²) in [6, 6.07) is 6.66. The normalized spacial score (nSPS) is 11.7. The van der Waals surface area contributed by atoms with Crippen LogP contribution in [0.3, 0.4) is 0 Å². The summed E-state index contributed by atoms with van der Waals surface area (Å²) in [6.07, 6.45) is 0.556. The molecule has 1 rings (SSSR count). The van der Waals surface area contributed by atoms with E-state index in [-0.39, 0.29) is 13.2 Å². The van der Waals surface area contributed by atoms with Gasteiger partial charge in [0.05, 0.1) is 12.6 Å². The van der Waals surface area contributed by atoms with E-state index in [4.69, 9.17) is 16.7 Å². The summed E-state index contributed by atoms with van der Waals surface area (Å²) in [4.78, 5) is 23.1. The van der Waals surface area contributed by atoms with Crippen molar-refractivity contribution in [1.29, 1.82) is 0 Å². The molecular weight excluding hydrogens is 268 g/mol. The molecule has 0 saturated carbocycles. The average Bonchev–Trinajstić information content (AvgIpc) is 2.43. The number of nitrogens with one attached hydrogen (secondary N) is 2. The number of benzene rings is 1. The fraction of sp³-hybridized carbons (Fsp3) is 0.385. The minimum absolute atomic E-state index is 0.182. The molecule has 1 unspecified atom stereocenters. The van der Waals surface area contributed by atoms with Gasteiger partial charge < -0.3 is 15.7 Å². The van der Waals surface area contributed by atoms with Gasteiger partial charge in [0.15, 0.2) is 0 Å². The molecule has 0 aliphatic heterocycles. The molecule has 104 valence electrons. The standard InChI is InChI=1S/C13H17ClN2O3/c1-2-10(8-17)16-13(19)12(18)15-7-9-5-3-4-6-11(9)14/h3-6,10,17H,2,7-8H2,1H3,(H,15,18)(H,16,19). The highest BCUT2D eigenvalue weighted by atomic mass is 35.5. The SMILES string of the molecule is CCC(CO)NC(=O)C(=O)NCc1ccccc1Cl. The second-order valence-corrected chi connectivity index (χ2v) is 4.44. The maximum Gasteiger partial charge on any atom is 0.309 e. The zero-order valence-corrected chi connectivity index (χ0v) is 11.4. The molecule has 0 bridgehead atoms. The molecule has 3 N–H and O–H groups in total. The van der Waals surface area contributed by atoms with E-state index in [0.29, 0.717) is 11.4 Å². The number of carbonyl (C=O) groups is 2. The molecule has 0 aliphatic rings. The van der Waals surface area contributed by atoms with Crippen LogP contribution in [0, 0.1) is 0 Å². The third kappa shape index (κ3) is 4.89. The highest BCUT2D eigenvalue weighted by molar-refractivity contribution is 6.35. The van der Waals surface area contributed by atoms with Crippen LogP contribution in [0.1, 0.15) is 18.9 Å². The first kappa shape index (κ1) is 15.5. The van der Waals surface area contributed by atoms with Crippen LogP contribution in [0.15, 0.2) is 24.3 Å². The van der Waals surface area contributed by atoms with Gasteiger partial charge in [0, 0.05) is 11.6 Å². The van der Waals surface area contributed by atoms with Gasteiger partial charge in [0.1, 0.15) is 0 Å². The van der Waals surface area contributed by atoms with Gasteiger partial charge in [-0.05, 0) is 18.1 Å². The number of aliphatic hydroxyl groups excluding tert-OH is 1. The molecule has 5 nitrogen and oxygen atoms in total. The van der Waals surface area contributed by atoms with Gasteiger partial charge in [-0.15, -0.1) is 0 Å². The van der Waals surface area contributed by atoms with Crippen LogP contribution in [-0.2, 0) is 16.1 Å². The summed E-state index contributed by atoms with van der Waals surface area (Å²) in [5.41, 5.74) is 0.736. The van der Waals surface area contributed by atoms with Crippen molar-refractivity contribution >= 4 is 23.4 Å². The fourth-order valence-corrected chi connectivity index (χ4v) is 1.63. The lowest BCUT2D eigenvalue weighted by Gasteiger charge is -2.13. The Bertz CT molecular complexity index is 447. The molecule has 0 aromatic heterocycles. The molecule has 6 heteroatoms. The predicted octanol–water partition coefficient (Wildman–Crippen LogP) is 0.843. The highest BCUT2D eigenvalue weighted by Gasteiger charge is 2.16. The quantitative estimate of drug-likeness (QED) is 0.701. The first-order valence-corrected chi connectivity index (χ1v) is 6.39. The Morgan fingerprint density at radius 3 is 2.58 bits per heavy atom. The second kappa shape index (κ2) is 7.76. The fourth-order valence-electron chi connectivity index (χ4n) is 1.43. The molecule has 0 aliphatic carbocycles. The third-order valence-electron chi connectivity index (χ3n) is 2.65. The Morgan fingerprint density at radius 2 is 2.00 bits per heavy atom. The third-order valence-corrected chi connectivity index (χ3v) is 3.02. The van der Waals surface area contributed by atoms with Gasteiger partial charge in [0.25, 0.3) is 0 Å². The van der Waals surface area contributed by atoms with E-state index in [0.717, 1.165) is 5.56 Å². The van der Waals surface area contributed by atoms with E-state index in [1.54, 1.807) is 24.3 Å². The molecule has 1 aromatic rings. The Balaban J connectivity index is 2.47. The van der Waals surface area contributed by atoms with Crippen LogP contribution in [0.5, 0.6) is 0 Å². The van der Waals surface area contributed by atoms with Gasteiger partial charge in [-0.2, -0.15) is 0 Å². The molecule has 19 heavy (non-hydrogen) atoms. The zero-order chi connectivity index (χ0) is 14.3. The molecule has 2 amide bonds. The number of aliphatic hydroxyl groups is 1. The van der Waals surface area contributed by atoms with Gasteiger partial charge in [-0.25, -0.2) is 0 Å². The van der Waals surface area contributed by atoms with E-state index in [1.807, 2.05) is 6.92 Å². The average molecular weight is 285 g/mol. The lowest BCUT2D eigenvalue weighted by atomic mass is 10.2. The molecule has 0 radical (unpaired) electrons. The maximum atomic E-state index is 11.5. The van der Waals surface area contributed by atoms with Gasteiger partial charge in [0.2, 0.25) is 0 Å². The first-order chi connectivity index (χ1) is 9.08. The summed E-state index contributed by atoms with van der Waals surface area (Å²) >= 11 is 5.93. The molecule has 0 saturated heterocycles. The van der Waals surface area contributed by atoms with Crippen molar-refractivity contribution in [1.82, 2.24) is 10.6 Å². The van der Waals surface area contributed by atoms with Crippen molar-refractivity contribution in [2.45, 2.75) is 25.9 Å². The Kier molecular flexibility index (Phi) is 6.32. The van der Waals surface area contributed by atoms with E-state index in [9.17, 15) is 9.59 Å². The van der Waals surface area contributed by atoms with E-state index in [2.05, 4.69) is 10.6 Å². The highest BCUT2D eigenvalue weighted by Crippen LogP contribution is 2.14. The van der Waals surface area contributed by atoms with E-state index >= 15 is 0 Å². The second-order valence-electron chi connectivity index (χ2n) is 4.04. The summed E-state index contributed by atoms with van der Waals surface area (Å²) in [5.74, 6) is -1.50. The van der Waals surface area contributed by atoms with Crippen molar-refractivity contribution in [2.24, 2.45) is 0 Å². The minimum atomic E-state index is -0.757. The topological polar surface area (TPSA) is 78.4 Å². The number of halogens is 1. The Morgan fingerprint density at radius 1 is 1.32 bits per heavy atom. The lowest BCUT2D eigenvalue weighted by Crippen LogP contribution is -2.45. The van der Waals surface area contributed by atoms with Crippen LogP contribution in [0.25, 0.3) is 0 Å². The zero-order valence-electron chi connectivity index (χ0n) is 10.6. The van der Waals surface area contributed by atoms with Crippen molar-refractivity contribution in [2.75, 3.05) is 6.61 Å². The molecular formula is C13H17ClN2O3. The summed E-state index contributed by atoms with van der Waals surface area (Å²) in [5, 5.41) is 14.4. The van der Waals surface area contributed by atoms with Gasteiger partial charge in [-0.1, -0.05) is 36.7 Å². The molecule has 0 heterocycles. The van der Waals surface area contributed by atoms with Crippen LogP contribution >= 0.6 is 11.6 Å². The number of hydrogen-bond acceptors (Lipinski definition) is 3. The van der Waals surface area contributed by atoms with Crippen molar-refractivity contribution in [3.05, 3.63) is 34.9 Å². The predicted molar refractivity (Wildman–Crippen MR) is 72.6 cm³/mol. The molecule has 1 atom stereocenters. The van der Waals surface area contributed by atoms with E-state index < -0.39 is 17.9 Å². The van der Waals surface area contributed by atoms with Gasteiger partial charge >= 0.3 is 11.8 Å². The van der Waals surface area contributed by atoms with Crippen LogP contribution in [0.2, 0.25) is 5.02 Å². The number of carbonyl (C=O) groups excluding carboxylic acids is 2. The smallest absolute Gasteiger partial charge is 0.309 e. The van der Waals surface area contributed by atoms with E-state index in [1.165, 1.54) is 0 Å². The Labute approximate surface area is 117 Å². The minimum Gasteiger partial charge on any atom is -0.394 e. The summed E-state index contributed by atoms with van der Waals surface area (Å²) in [6.45, 7) is 1.80. The Hall–Kier alpha value is -1.59. The van der Waals surface area contributed by atoms with Crippen molar-refractivity contribution in [3.63, 3.8) is 0 Å². The molecule has 1 aromatic carbocycles. The van der Waals surface area contributed by atoms with Crippen molar-refractivity contribution < 1.29 is 14.7 Å². The first-order valence-electron chi connectivity index (χ1n) is 6.01. The monoisotopic (exact) mass is 284 g/mol. The molecule has 0 spiro atoms. The maximum absolute atomic E-state index is 11.5. The summed E-state index contributed by atoms with van der Waals surface area (Å²) < 4.78 is 0. The number of amides is 2. The van der Waals surface area contributed by atoms with Crippen molar-refractivity contribution in [3.8, 4) is 0 Å². The molecule has 0 fully saturated rings. The largest absolute Gasteiger partial charge is 0.394 e. The van der Waals surface area contributed by atoms with Crippen LogP contribution < -0.4 is 10.6 Å². The summed E-state index contributed by atoms with van der Waals surface area (Å²) in [7, 11) is 0. The number of rotatable bonds is 5. The lowest BCUT2D eigenvalue weighted by molar-refractivity contribution is -0.139. The van der Waals surface area contributed by atoms with Crippen LogP contribution in [-0.4, -0.2) is 29.6 Å².